The third kappa shape index (κ3) is 2.85. The molecule has 2 nitrogen and oxygen atoms in total. The van der Waals surface area contributed by atoms with Gasteiger partial charge in [0, 0.05) is 25.4 Å². The Kier molecular flexibility index (Phi) is 3.43. The molecule has 1 aliphatic heterocycles. The van der Waals surface area contributed by atoms with Crippen molar-refractivity contribution < 1.29 is 9.18 Å². The smallest absolute Gasteiger partial charge is 0.223 e. The maximum atomic E-state index is 12.7. The van der Waals surface area contributed by atoms with Crippen LogP contribution >= 0.6 is 0 Å². The van der Waals surface area contributed by atoms with Crippen molar-refractivity contribution in [2.75, 3.05) is 13.1 Å². The number of nitrogens with zero attached hydrogens (tertiary/aromatic N) is 1. The molecule has 2 rings (SSSR count). The van der Waals surface area contributed by atoms with Gasteiger partial charge in [-0.2, -0.15) is 0 Å². The minimum Gasteiger partial charge on any atom is -0.341 e. The third-order valence-electron chi connectivity index (χ3n) is 3.03. The van der Waals surface area contributed by atoms with E-state index in [4.69, 9.17) is 6.42 Å². The van der Waals surface area contributed by atoms with Gasteiger partial charge in [-0.25, -0.2) is 4.39 Å². The highest BCUT2D eigenvalue weighted by Gasteiger charge is 2.27. The lowest BCUT2D eigenvalue weighted by atomic mass is 10.1. The molecule has 0 N–H and O–H groups in total. The maximum absolute atomic E-state index is 12.7. The number of amides is 1. The van der Waals surface area contributed by atoms with Crippen molar-refractivity contribution in [3.8, 4) is 12.3 Å². The molecule has 1 atom stereocenters. The molecular weight excluding hydrogens is 217 g/mol. The average molecular weight is 231 g/mol. The fourth-order valence-electron chi connectivity index (χ4n) is 2.02. The quantitative estimate of drug-likeness (QED) is 0.727. The van der Waals surface area contributed by atoms with Crippen LogP contribution in [0.5, 0.6) is 0 Å². The standard InChI is InChI=1S/C14H14FNO/c1-2-11-9-14(17)16(10-11)8-7-12-3-5-13(15)6-4-12/h1,3-6,11H,7-10H2. The zero-order chi connectivity index (χ0) is 12.3. The maximum Gasteiger partial charge on any atom is 0.223 e. The lowest BCUT2D eigenvalue weighted by Crippen LogP contribution is -2.27. The van der Waals surface area contributed by atoms with Gasteiger partial charge in [-0.1, -0.05) is 12.1 Å². The molecule has 88 valence electrons. The van der Waals surface area contributed by atoms with Gasteiger partial charge in [0.05, 0.1) is 0 Å². The van der Waals surface area contributed by atoms with Crippen molar-refractivity contribution in [3.05, 3.63) is 35.6 Å². The highest BCUT2D eigenvalue weighted by atomic mass is 19.1. The minimum atomic E-state index is -0.238. The van der Waals surface area contributed by atoms with Crippen LogP contribution in [0.4, 0.5) is 4.39 Å². The van der Waals surface area contributed by atoms with Crippen molar-refractivity contribution in [2.24, 2.45) is 5.92 Å². The molecule has 1 amide bonds. The first kappa shape index (κ1) is 11.7. The molecule has 0 spiro atoms. The molecule has 1 fully saturated rings. The Morgan fingerprint density at radius 3 is 2.71 bits per heavy atom. The van der Waals surface area contributed by atoms with Crippen LogP contribution in [0, 0.1) is 24.1 Å². The van der Waals surface area contributed by atoms with E-state index in [0.29, 0.717) is 19.5 Å². The lowest BCUT2D eigenvalue weighted by molar-refractivity contribution is -0.127. The zero-order valence-corrected chi connectivity index (χ0v) is 9.53. The zero-order valence-electron chi connectivity index (χ0n) is 9.53. The predicted molar refractivity (Wildman–Crippen MR) is 63.6 cm³/mol. The second-order valence-electron chi connectivity index (χ2n) is 4.28. The third-order valence-corrected chi connectivity index (χ3v) is 3.03. The lowest BCUT2D eigenvalue weighted by Gasteiger charge is -2.15. The van der Waals surface area contributed by atoms with Gasteiger partial charge in [0.25, 0.3) is 0 Å². The highest BCUT2D eigenvalue weighted by Crippen LogP contribution is 2.17. The Bertz CT molecular complexity index is 446. The molecule has 3 heteroatoms. The molecule has 0 radical (unpaired) electrons. The number of rotatable bonds is 3. The summed E-state index contributed by atoms with van der Waals surface area (Å²) in [6.45, 7) is 1.30. The van der Waals surface area contributed by atoms with Crippen LogP contribution < -0.4 is 0 Å². The Hall–Kier alpha value is -1.82. The summed E-state index contributed by atoms with van der Waals surface area (Å²) in [7, 11) is 0. The van der Waals surface area contributed by atoms with Gasteiger partial charge < -0.3 is 4.90 Å². The van der Waals surface area contributed by atoms with E-state index in [2.05, 4.69) is 5.92 Å². The molecule has 1 aliphatic rings. The van der Waals surface area contributed by atoms with Gasteiger partial charge in [0.2, 0.25) is 5.91 Å². The van der Waals surface area contributed by atoms with Gasteiger partial charge in [-0.05, 0) is 24.1 Å². The number of benzene rings is 1. The molecule has 0 saturated carbocycles. The van der Waals surface area contributed by atoms with Gasteiger partial charge in [-0.3, -0.25) is 4.79 Å². The summed E-state index contributed by atoms with van der Waals surface area (Å²) in [5.74, 6) is 2.55. The summed E-state index contributed by atoms with van der Waals surface area (Å²) in [6, 6.07) is 6.36. The molecule has 1 aromatic carbocycles. The van der Waals surface area contributed by atoms with Crippen LogP contribution in [0.2, 0.25) is 0 Å². The largest absolute Gasteiger partial charge is 0.341 e. The summed E-state index contributed by atoms with van der Waals surface area (Å²) in [5, 5.41) is 0. The van der Waals surface area contributed by atoms with E-state index in [1.165, 1.54) is 12.1 Å². The van der Waals surface area contributed by atoms with Gasteiger partial charge in [-0.15, -0.1) is 12.3 Å². The minimum absolute atomic E-state index is 0.0516. The van der Waals surface area contributed by atoms with E-state index in [9.17, 15) is 9.18 Å². The van der Waals surface area contributed by atoms with Gasteiger partial charge >= 0.3 is 0 Å². The molecule has 17 heavy (non-hydrogen) atoms. The van der Waals surface area contributed by atoms with Crippen LogP contribution in [0.3, 0.4) is 0 Å². The van der Waals surface area contributed by atoms with Crippen LogP contribution in [-0.4, -0.2) is 23.9 Å². The Balaban J connectivity index is 1.89. The monoisotopic (exact) mass is 231 g/mol. The second-order valence-corrected chi connectivity index (χ2v) is 4.28. The molecule has 0 aromatic heterocycles. The molecule has 0 bridgehead atoms. The van der Waals surface area contributed by atoms with Crippen LogP contribution in [0.15, 0.2) is 24.3 Å². The normalized spacial score (nSPS) is 19.4. The predicted octanol–water partition coefficient (Wildman–Crippen LogP) is 1.85. The highest BCUT2D eigenvalue weighted by molar-refractivity contribution is 5.79. The number of carbonyl (C=O) groups excluding carboxylic acids is 1. The first-order chi connectivity index (χ1) is 8.19. The van der Waals surface area contributed by atoms with Gasteiger partial charge in [0.1, 0.15) is 5.82 Å². The van der Waals surface area contributed by atoms with Crippen molar-refractivity contribution in [2.45, 2.75) is 12.8 Å². The van der Waals surface area contributed by atoms with Crippen molar-refractivity contribution in [1.82, 2.24) is 4.90 Å². The SMILES string of the molecule is C#CC1CC(=O)N(CCc2ccc(F)cc2)C1. The van der Waals surface area contributed by atoms with Crippen molar-refractivity contribution in [3.63, 3.8) is 0 Å². The molecular formula is C14H14FNO. The fraction of sp³-hybridized carbons (Fsp3) is 0.357. The van der Waals surface area contributed by atoms with E-state index in [-0.39, 0.29) is 17.6 Å². The Labute approximate surface area is 100 Å². The van der Waals surface area contributed by atoms with Crippen LogP contribution in [-0.2, 0) is 11.2 Å². The second kappa shape index (κ2) is 5.01. The number of likely N-dealkylation sites (tertiary alicyclic amines) is 1. The van der Waals surface area contributed by atoms with Crippen molar-refractivity contribution in [1.29, 1.82) is 0 Å². The summed E-state index contributed by atoms with van der Waals surface area (Å²) in [6.07, 6.45) is 6.51. The number of hydrogen-bond acceptors (Lipinski definition) is 1. The topological polar surface area (TPSA) is 20.3 Å². The first-order valence-corrected chi connectivity index (χ1v) is 5.67. The van der Waals surface area contributed by atoms with E-state index in [1.54, 1.807) is 17.0 Å². The summed E-state index contributed by atoms with van der Waals surface area (Å²) >= 11 is 0. The van der Waals surface area contributed by atoms with E-state index in [0.717, 1.165) is 12.0 Å². The molecule has 1 heterocycles. The number of hydrogen-bond donors (Lipinski definition) is 0. The number of terminal acetylenes is 1. The van der Waals surface area contributed by atoms with Crippen molar-refractivity contribution >= 4 is 5.91 Å². The van der Waals surface area contributed by atoms with E-state index >= 15 is 0 Å². The number of halogens is 1. The molecule has 1 unspecified atom stereocenters. The first-order valence-electron chi connectivity index (χ1n) is 5.67. The summed E-state index contributed by atoms with van der Waals surface area (Å²) in [5.41, 5.74) is 1.03. The average Bonchev–Trinajstić information content (AvgIpc) is 2.69. The van der Waals surface area contributed by atoms with E-state index in [1.807, 2.05) is 0 Å². The fourth-order valence-corrected chi connectivity index (χ4v) is 2.02. The summed E-state index contributed by atoms with van der Waals surface area (Å²) < 4.78 is 12.7. The molecule has 0 aliphatic carbocycles. The van der Waals surface area contributed by atoms with Crippen LogP contribution in [0.25, 0.3) is 0 Å². The van der Waals surface area contributed by atoms with Crippen LogP contribution in [0.1, 0.15) is 12.0 Å². The number of carbonyl (C=O) groups is 1. The summed E-state index contributed by atoms with van der Waals surface area (Å²) in [4.78, 5) is 13.4. The molecule has 1 aromatic rings. The Morgan fingerprint density at radius 1 is 1.41 bits per heavy atom. The van der Waals surface area contributed by atoms with E-state index < -0.39 is 0 Å². The van der Waals surface area contributed by atoms with Gasteiger partial charge in [0.15, 0.2) is 0 Å². The Morgan fingerprint density at radius 2 is 2.12 bits per heavy atom. The molecule has 1 saturated heterocycles.